The fraction of sp³-hybridized carbons (Fsp3) is 0.211. The van der Waals surface area contributed by atoms with Gasteiger partial charge in [0.05, 0.1) is 11.0 Å². The average Bonchev–Trinajstić information content (AvgIpc) is 3.10. The predicted octanol–water partition coefficient (Wildman–Crippen LogP) is 3.23. The van der Waals surface area contributed by atoms with Gasteiger partial charge in [-0.05, 0) is 31.0 Å². The molecule has 2 atom stereocenters. The first kappa shape index (κ1) is 17.7. The molecule has 2 heterocycles. The van der Waals surface area contributed by atoms with Crippen molar-refractivity contribution in [1.82, 2.24) is 14.8 Å². The van der Waals surface area contributed by atoms with E-state index < -0.39 is 10.8 Å². The van der Waals surface area contributed by atoms with Gasteiger partial charge in [0, 0.05) is 23.7 Å². The summed E-state index contributed by atoms with van der Waals surface area (Å²) >= 11 is 0. The topological polar surface area (TPSA) is 115 Å². The van der Waals surface area contributed by atoms with E-state index in [4.69, 9.17) is 0 Å². The minimum absolute atomic E-state index is 0.0185. The number of fused-ring (bicyclic) bond motifs is 1. The second-order valence-corrected chi connectivity index (χ2v) is 6.67. The third-order valence-corrected chi connectivity index (χ3v) is 4.63. The maximum absolute atomic E-state index is 12.4. The number of nitrogens with zero attached hydrogens (tertiary/aromatic N) is 4. The molecule has 0 spiro atoms. The smallest absolute Gasteiger partial charge is 0.269 e. The summed E-state index contributed by atoms with van der Waals surface area (Å²) in [6.45, 7) is 2.07. The van der Waals surface area contributed by atoms with Gasteiger partial charge in [-0.15, -0.1) is 5.10 Å². The van der Waals surface area contributed by atoms with E-state index in [0.29, 0.717) is 11.5 Å². The molecule has 0 saturated carbocycles. The van der Waals surface area contributed by atoms with E-state index in [2.05, 4.69) is 27.6 Å². The fourth-order valence-corrected chi connectivity index (χ4v) is 3.27. The van der Waals surface area contributed by atoms with Gasteiger partial charge in [-0.1, -0.05) is 30.3 Å². The minimum Gasteiger partial charge on any atom is -0.352 e. The van der Waals surface area contributed by atoms with Gasteiger partial charge in [0.1, 0.15) is 0 Å². The number of nitrogens with one attached hydrogen (secondary N) is 2. The van der Waals surface area contributed by atoms with Crippen LogP contribution in [0.3, 0.4) is 0 Å². The Bertz CT molecular complexity index is 1020. The highest BCUT2D eigenvalue weighted by atomic mass is 16.6. The largest absolute Gasteiger partial charge is 0.352 e. The Morgan fingerprint density at radius 2 is 1.93 bits per heavy atom. The van der Waals surface area contributed by atoms with Crippen LogP contribution >= 0.6 is 0 Å². The van der Waals surface area contributed by atoms with E-state index in [1.54, 1.807) is 4.68 Å². The van der Waals surface area contributed by atoms with Crippen molar-refractivity contribution in [2.75, 3.05) is 10.6 Å². The Kier molecular flexibility index (Phi) is 4.48. The molecular weight excluding hydrogens is 360 g/mol. The van der Waals surface area contributed by atoms with E-state index in [9.17, 15) is 14.9 Å². The number of nitro groups is 1. The Labute approximate surface area is 160 Å². The van der Waals surface area contributed by atoms with Crippen molar-refractivity contribution >= 4 is 23.5 Å². The summed E-state index contributed by atoms with van der Waals surface area (Å²) in [5, 5.41) is 21.1. The third kappa shape index (κ3) is 3.41. The quantitative estimate of drug-likeness (QED) is 0.532. The monoisotopic (exact) mass is 378 g/mol. The van der Waals surface area contributed by atoms with Crippen LogP contribution in [0.4, 0.5) is 17.6 Å². The van der Waals surface area contributed by atoms with Crippen molar-refractivity contribution in [3.63, 3.8) is 0 Å². The number of rotatable bonds is 4. The van der Waals surface area contributed by atoms with Gasteiger partial charge >= 0.3 is 0 Å². The highest BCUT2D eigenvalue weighted by Gasteiger charge is 2.28. The molecule has 9 nitrogen and oxygen atoms in total. The van der Waals surface area contributed by atoms with Crippen LogP contribution in [0.5, 0.6) is 0 Å². The molecule has 0 fully saturated rings. The van der Waals surface area contributed by atoms with Crippen molar-refractivity contribution in [3.05, 3.63) is 75.8 Å². The summed E-state index contributed by atoms with van der Waals surface area (Å²) in [4.78, 5) is 27.0. The maximum atomic E-state index is 12.4. The molecule has 0 radical (unpaired) electrons. The van der Waals surface area contributed by atoms with E-state index >= 15 is 0 Å². The first-order chi connectivity index (χ1) is 13.5. The van der Waals surface area contributed by atoms with Crippen LogP contribution in [0.1, 0.15) is 35.3 Å². The van der Waals surface area contributed by atoms with E-state index in [1.165, 1.54) is 24.3 Å². The fourth-order valence-electron chi connectivity index (χ4n) is 3.27. The molecule has 0 aliphatic carbocycles. The zero-order valence-corrected chi connectivity index (χ0v) is 15.1. The van der Waals surface area contributed by atoms with E-state index in [0.717, 1.165) is 12.0 Å². The Morgan fingerprint density at radius 3 is 2.61 bits per heavy atom. The molecule has 0 bridgehead atoms. The lowest BCUT2D eigenvalue weighted by Gasteiger charge is -2.29. The number of nitro benzene ring substituents is 1. The normalized spacial score (nSPS) is 18.0. The number of carbonyl (C=O) groups is 1. The molecule has 0 saturated heterocycles. The molecule has 2 N–H and O–H groups in total. The number of aromatic nitrogens is 3. The molecular formula is C19H18N6O3. The second-order valence-electron chi connectivity index (χ2n) is 6.67. The second kappa shape index (κ2) is 7.10. The Balaban J connectivity index is 1.57. The van der Waals surface area contributed by atoms with Gasteiger partial charge in [-0.2, -0.15) is 4.98 Å². The SMILES string of the molecule is C[C@H]1C[C@H](c2ccccc2)n2nc(NC(=O)c3ccc([N+](=O)[O-])cc3)nc2N1. The lowest BCUT2D eigenvalue weighted by molar-refractivity contribution is -0.384. The minimum atomic E-state index is -0.511. The maximum Gasteiger partial charge on any atom is 0.269 e. The summed E-state index contributed by atoms with van der Waals surface area (Å²) in [5.41, 5.74) is 1.34. The predicted molar refractivity (Wildman–Crippen MR) is 103 cm³/mol. The van der Waals surface area contributed by atoms with E-state index in [1.807, 2.05) is 30.3 Å². The highest BCUT2D eigenvalue weighted by molar-refractivity contribution is 6.03. The van der Waals surface area contributed by atoms with Crippen LogP contribution in [0.15, 0.2) is 54.6 Å². The van der Waals surface area contributed by atoms with Gasteiger partial charge in [-0.3, -0.25) is 20.2 Å². The van der Waals surface area contributed by atoms with E-state index in [-0.39, 0.29) is 23.7 Å². The molecule has 1 amide bonds. The Hall–Kier alpha value is -3.75. The lowest BCUT2D eigenvalue weighted by Crippen LogP contribution is -2.31. The third-order valence-electron chi connectivity index (χ3n) is 4.63. The molecule has 4 rings (SSSR count). The van der Waals surface area contributed by atoms with Gasteiger partial charge < -0.3 is 5.32 Å². The molecule has 1 aliphatic heterocycles. The number of non-ortho nitro benzene ring substituents is 1. The molecule has 28 heavy (non-hydrogen) atoms. The lowest BCUT2D eigenvalue weighted by atomic mass is 9.99. The van der Waals surface area contributed by atoms with Crippen molar-refractivity contribution in [3.8, 4) is 0 Å². The van der Waals surface area contributed by atoms with Crippen molar-refractivity contribution < 1.29 is 9.72 Å². The van der Waals surface area contributed by atoms with Gasteiger partial charge in [0.25, 0.3) is 17.5 Å². The van der Waals surface area contributed by atoms with Crippen LogP contribution in [0.2, 0.25) is 0 Å². The summed E-state index contributed by atoms with van der Waals surface area (Å²) in [6, 6.07) is 15.6. The van der Waals surface area contributed by atoms with Gasteiger partial charge in [0.15, 0.2) is 0 Å². The summed E-state index contributed by atoms with van der Waals surface area (Å²) in [5.74, 6) is 0.342. The van der Waals surface area contributed by atoms with Crippen LogP contribution in [-0.2, 0) is 0 Å². The zero-order chi connectivity index (χ0) is 19.7. The number of benzene rings is 2. The molecule has 0 unspecified atom stereocenters. The molecule has 2 aromatic carbocycles. The van der Waals surface area contributed by atoms with Crippen LogP contribution in [0.25, 0.3) is 0 Å². The summed E-state index contributed by atoms with van der Waals surface area (Å²) in [7, 11) is 0. The Morgan fingerprint density at radius 1 is 1.21 bits per heavy atom. The first-order valence-electron chi connectivity index (χ1n) is 8.85. The van der Waals surface area contributed by atoms with Crippen LogP contribution < -0.4 is 10.6 Å². The molecule has 1 aliphatic rings. The first-order valence-corrected chi connectivity index (χ1v) is 8.85. The average molecular weight is 378 g/mol. The van der Waals surface area contributed by atoms with Gasteiger partial charge in [-0.25, -0.2) is 4.68 Å². The van der Waals surface area contributed by atoms with Crippen molar-refractivity contribution in [1.29, 1.82) is 0 Å². The number of amides is 1. The highest BCUT2D eigenvalue weighted by Crippen LogP contribution is 2.31. The molecule has 1 aromatic heterocycles. The van der Waals surface area contributed by atoms with Crippen molar-refractivity contribution in [2.45, 2.75) is 25.4 Å². The number of hydrogen-bond donors (Lipinski definition) is 2. The molecule has 9 heteroatoms. The van der Waals surface area contributed by atoms with Crippen LogP contribution in [0, 0.1) is 10.1 Å². The zero-order valence-electron chi connectivity index (χ0n) is 15.1. The summed E-state index contributed by atoms with van der Waals surface area (Å²) in [6.07, 6.45) is 0.843. The number of carbonyl (C=O) groups excluding carboxylic acids is 1. The molecule has 142 valence electrons. The van der Waals surface area contributed by atoms with Crippen molar-refractivity contribution in [2.24, 2.45) is 0 Å². The molecule has 3 aromatic rings. The van der Waals surface area contributed by atoms with Crippen LogP contribution in [-0.4, -0.2) is 31.6 Å². The standard InChI is InChI=1S/C19H18N6O3/c1-12-11-16(13-5-3-2-4-6-13)24-19(20-12)22-18(23-24)21-17(26)14-7-9-15(10-8-14)25(27)28/h2-10,12,16H,11H2,1H3,(H2,20,21,22,23,26)/t12-,16+/m0/s1. The number of anilines is 2. The summed E-state index contributed by atoms with van der Waals surface area (Å²) < 4.78 is 1.78. The van der Waals surface area contributed by atoms with Gasteiger partial charge in [0.2, 0.25) is 5.95 Å². The number of hydrogen-bond acceptors (Lipinski definition) is 6.